The maximum Gasteiger partial charge on any atom is 0.397 e. The number of aliphatic imine (C=N–C) groups is 1. The van der Waals surface area contributed by atoms with E-state index >= 15 is 0 Å². The molecule has 2 unspecified atom stereocenters. The summed E-state index contributed by atoms with van der Waals surface area (Å²) in [6.45, 7) is 9.82. The van der Waals surface area contributed by atoms with Gasteiger partial charge in [-0.05, 0) is 30.5 Å². The number of benzene rings is 1. The van der Waals surface area contributed by atoms with Crippen molar-refractivity contribution in [3.05, 3.63) is 42.5 Å². The van der Waals surface area contributed by atoms with Gasteiger partial charge in [-0.15, -0.1) is 6.58 Å². The minimum absolute atomic E-state index is 0.202. The number of unbranched alkanes of at least 4 members (excludes halogenated alkanes) is 1. The number of guanidine groups is 1. The Balaban J connectivity index is 1.70. The molecule has 7 heteroatoms. The number of anilines is 1. The maximum absolute atomic E-state index is 13.2. The number of amidine groups is 1. The van der Waals surface area contributed by atoms with Crippen molar-refractivity contribution in [3.8, 4) is 0 Å². The first-order chi connectivity index (χ1) is 14.5. The average molecular weight is 409 g/mol. The summed E-state index contributed by atoms with van der Waals surface area (Å²) in [7, 11) is 1.69. The Hall–Kier alpha value is -2.96. The number of hydrogen-bond donors (Lipinski definition) is 0. The molecule has 0 radical (unpaired) electrons. The van der Waals surface area contributed by atoms with E-state index in [4.69, 9.17) is 4.99 Å². The predicted octanol–water partition coefficient (Wildman–Crippen LogP) is 2.71. The van der Waals surface area contributed by atoms with Crippen LogP contribution in [0.5, 0.6) is 0 Å². The lowest BCUT2D eigenvalue weighted by atomic mass is 10.1. The molecule has 4 rings (SSSR count). The number of carbonyl (C=O) groups excluding carboxylic acids is 2. The van der Waals surface area contributed by atoms with Crippen molar-refractivity contribution in [2.24, 2.45) is 10.9 Å². The first kappa shape index (κ1) is 20.3. The Labute approximate surface area is 178 Å². The fourth-order valence-electron chi connectivity index (χ4n) is 4.44. The van der Waals surface area contributed by atoms with Crippen molar-refractivity contribution < 1.29 is 14.2 Å². The molecule has 3 aliphatic rings. The number of fused-ring (bicyclic) bond motifs is 2. The van der Waals surface area contributed by atoms with Gasteiger partial charge in [-0.3, -0.25) is 14.6 Å². The third-order valence-corrected chi connectivity index (χ3v) is 6.01. The van der Waals surface area contributed by atoms with Gasteiger partial charge in [0.05, 0.1) is 13.1 Å². The largest absolute Gasteiger partial charge is 0.397 e. The highest BCUT2D eigenvalue weighted by atomic mass is 16.2. The van der Waals surface area contributed by atoms with E-state index in [0.29, 0.717) is 11.8 Å². The Morgan fingerprint density at radius 2 is 2.00 bits per heavy atom. The fraction of sp³-hybridized carbons (Fsp3) is 0.478. The molecule has 0 aromatic heterocycles. The van der Waals surface area contributed by atoms with Crippen molar-refractivity contribution in [3.63, 3.8) is 0 Å². The molecule has 0 spiro atoms. The number of carbonyl (C=O) groups is 2. The summed E-state index contributed by atoms with van der Waals surface area (Å²) in [5.41, 5.74) is 2.40. The zero-order valence-corrected chi connectivity index (χ0v) is 18.0. The Bertz CT molecular complexity index is 933. The standard InChI is InChI=1S/C23H30N5O2/c1-5-7-8-17-9-11-18(12-10-17)27-14-16(3)15-28-19-20(24-22(27)28)25(4)23(30)26(13-6-2)21(19)29/h6,9-12,16,19H,2,5,7-8,13-15H2,1,3-4H3/q+1. The lowest BCUT2D eigenvalue weighted by Crippen LogP contribution is -2.63. The van der Waals surface area contributed by atoms with Crippen LogP contribution in [0, 0.1) is 5.92 Å². The van der Waals surface area contributed by atoms with E-state index in [1.165, 1.54) is 28.2 Å². The highest BCUT2D eigenvalue weighted by molar-refractivity contribution is 6.24. The number of imide groups is 1. The number of rotatable bonds is 6. The molecule has 0 saturated carbocycles. The van der Waals surface area contributed by atoms with Crippen molar-refractivity contribution >= 4 is 29.4 Å². The maximum atomic E-state index is 13.2. The number of nitrogens with zero attached hydrogens (tertiary/aromatic N) is 5. The lowest BCUT2D eigenvalue weighted by Gasteiger charge is -2.35. The van der Waals surface area contributed by atoms with Crippen molar-refractivity contribution in [1.29, 1.82) is 0 Å². The van der Waals surface area contributed by atoms with E-state index in [9.17, 15) is 9.59 Å². The van der Waals surface area contributed by atoms with Gasteiger partial charge in [0.2, 0.25) is 11.9 Å². The molecule has 3 amide bonds. The van der Waals surface area contributed by atoms with Crippen LogP contribution in [0.1, 0.15) is 32.3 Å². The Kier molecular flexibility index (Phi) is 5.45. The highest BCUT2D eigenvalue weighted by Crippen LogP contribution is 2.28. The molecular formula is C23H30N5O2+. The monoisotopic (exact) mass is 408 g/mol. The van der Waals surface area contributed by atoms with Gasteiger partial charge in [0.1, 0.15) is 5.69 Å². The summed E-state index contributed by atoms with van der Waals surface area (Å²) < 4.78 is 2.05. The second kappa shape index (κ2) is 8.05. The molecule has 1 saturated heterocycles. The minimum atomic E-state index is -0.559. The molecule has 0 bridgehead atoms. The third kappa shape index (κ3) is 3.32. The van der Waals surface area contributed by atoms with Gasteiger partial charge in [0, 0.05) is 19.5 Å². The Morgan fingerprint density at radius 3 is 2.67 bits per heavy atom. The van der Waals surface area contributed by atoms with Crippen molar-refractivity contribution in [2.75, 3.05) is 31.6 Å². The molecule has 1 aromatic rings. The minimum Gasteiger partial charge on any atom is -0.270 e. The van der Waals surface area contributed by atoms with Crippen molar-refractivity contribution in [1.82, 2.24) is 9.80 Å². The van der Waals surface area contributed by atoms with E-state index in [1.54, 1.807) is 13.1 Å². The van der Waals surface area contributed by atoms with Crippen LogP contribution in [0.15, 0.2) is 41.9 Å². The zero-order chi connectivity index (χ0) is 21.4. The third-order valence-electron chi connectivity index (χ3n) is 6.01. The van der Waals surface area contributed by atoms with E-state index in [1.807, 2.05) is 0 Å². The molecule has 3 aliphatic heterocycles. The first-order valence-corrected chi connectivity index (χ1v) is 10.7. The number of amides is 3. The Morgan fingerprint density at radius 1 is 1.27 bits per heavy atom. The normalized spacial score (nSPS) is 23.6. The van der Waals surface area contributed by atoms with Gasteiger partial charge in [-0.1, -0.05) is 43.5 Å². The van der Waals surface area contributed by atoms with E-state index < -0.39 is 6.04 Å². The molecule has 1 fully saturated rings. The van der Waals surface area contributed by atoms with E-state index in [-0.39, 0.29) is 18.5 Å². The number of aryl methyl sites for hydroxylation is 1. The highest BCUT2D eigenvalue weighted by Gasteiger charge is 2.54. The number of urea groups is 1. The molecule has 30 heavy (non-hydrogen) atoms. The van der Waals surface area contributed by atoms with Crippen LogP contribution in [0.2, 0.25) is 0 Å². The van der Waals surface area contributed by atoms with Gasteiger partial charge < -0.3 is 0 Å². The molecule has 0 aliphatic carbocycles. The molecule has 1 aromatic carbocycles. The zero-order valence-electron chi connectivity index (χ0n) is 18.0. The van der Waals surface area contributed by atoms with Gasteiger partial charge in [-0.2, -0.15) is 0 Å². The summed E-state index contributed by atoms with van der Waals surface area (Å²) in [6.07, 6.45) is 5.03. The molecule has 158 valence electrons. The number of hydrogen-bond acceptors (Lipinski definition) is 4. The number of likely N-dealkylation sites (N-methyl/N-ethyl adjacent to an activating group) is 1. The second-order valence-electron chi connectivity index (χ2n) is 8.39. The van der Waals surface area contributed by atoms with Crippen LogP contribution in [0.3, 0.4) is 0 Å². The van der Waals surface area contributed by atoms with Crippen LogP contribution in [0.4, 0.5) is 10.5 Å². The van der Waals surface area contributed by atoms with Crippen LogP contribution in [-0.2, 0) is 11.2 Å². The van der Waals surface area contributed by atoms with E-state index in [0.717, 1.165) is 31.2 Å². The van der Waals surface area contributed by atoms with Gasteiger partial charge in [0.25, 0.3) is 5.91 Å². The average Bonchev–Trinajstić information content (AvgIpc) is 3.13. The van der Waals surface area contributed by atoms with Crippen LogP contribution in [-0.4, -0.2) is 70.8 Å². The molecule has 2 atom stereocenters. The summed E-state index contributed by atoms with van der Waals surface area (Å²) in [4.78, 5) is 35.6. The summed E-state index contributed by atoms with van der Waals surface area (Å²) in [5.74, 6) is 1.39. The second-order valence-corrected chi connectivity index (χ2v) is 8.39. The van der Waals surface area contributed by atoms with Crippen LogP contribution >= 0.6 is 0 Å². The summed E-state index contributed by atoms with van der Waals surface area (Å²) in [5, 5.41) is 0. The van der Waals surface area contributed by atoms with Gasteiger partial charge >= 0.3 is 12.0 Å². The van der Waals surface area contributed by atoms with Crippen LogP contribution in [0.25, 0.3) is 0 Å². The summed E-state index contributed by atoms with van der Waals surface area (Å²) >= 11 is 0. The topological polar surface area (TPSA) is 59.2 Å². The molecular weight excluding hydrogens is 378 g/mol. The molecule has 0 N–H and O–H groups in total. The van der Waals surface area contributed by atoms with E-state index in [2.05, 4.69) is 54.2 Å². The first-order valence-electron chi connectivity index (χ1n) is 10.7. The van der Waals surface area contributed by atoms with Gasteiger partial charge in [0.15, 0.2) is 0 Å². The molecule has 7 nitrogen and oxygen atoms in total. The van der Waals surface area contributed by atoms with Crippen LogP contribution < -0.4 is 4.90 Å². The molecule has 3 heterocycles. The fourth-order valence-corrected chi connectivity index (χ4v) is 4.44. The quantitative estimate of drug-likeness (QED) is 0.537. The van der Waals surface area contributed by atoms with Crippen molar-refractivity contribution in [2.45, 2.75) is 39.2 Å². The lowest BCUT2D eigenvalue weighted by molar-refractivity contribution is -0.545. The predicted molar refractivity (Wildman–Crippen MR) is 118 cm³/mol. The summed E-state index contributed by atoms with van der Waals surface area (Å²) in [6, 6.07) is 7.72. The smallest absolute Gasteiger partial charge is 0.270 e. The SMILES string of the molecule is C=CCN1C(=O)C2C(=NC3=[N+]2CC(C)CN3c2ccc(CCCC)cc2)N(C)C1=O. The van der Waals surface area contributed by atoms with Gasteiger partial charge in [-0.25, -0.2) is 14.3 Å².